The number of thiophene rings is 1. The van der Waals surface area contributed by atoms with Crippen LogP contribution in [0.3, 0.4) is 0 Å². The Balaban J connectivity index is 1.55. The number of benzene rings is 2. The zero-order valence-electron chi connectivity index (χ0n) is 18.6. The van der Waals surface area contributed by atoms with Crippen LogP contribution in [0.2, 0.25) is 0 Å². The Hall–Kier alpha value is -3.30. The lowest BCUT2D eigenvalue weighted by Crippen LogP contribution is -2.27. The third-order valence-corrected chi connectivity index (χ3v) is 6.78. The number of ether oxygens (including phenoxy) is 2. The maximum atomic E-state index is 12.9. The predicted molar refractivity (Wildman–Crippen MR) is 131 cm³/mol. The second-order valence-corrected chi connectivity index (χ2v) is 9.07. The summed E-state index contributed by atoms with van der Waals surface area (Å²) in [4.78, 5) is 15.6. The van der Waals surface area contributed by atoms with Crippen molar-refractivity contribution < 1.29 is 14.3 Å². The number of hydrogen-bond acceptors (Lipinski definition) is 7. The zero-order valence-corrected chi connectivity index (χ0v) is 20.2. The molecule has 0 bridgehead atoms. The summed E-state index contributed by atoms with van der Waals surface area (Å²) < 4.78 is 12.8. The van der Waals surface area contributed by atoms with E-state index in [0.29, 0.717) is 23.3 Å². The molecule has 0 N–H and O–H groups in total. The summed E-state index contributed by atoms with van der Waals surface area (Å²) in [5, 5.41) is 11.5. The molecular weight excluding hydrogens is 456 g/mol. The van der Waals surface area contributed by atoms with Crippen molar-refractivity contribution in [2.75, 3.05) is 27.0 Å². The van der Waals surface area contributed by atoms with Crippen LogP contribution < -0.4 is 9.47 Å². The van der Waals surface area contributed by atoms with Crippen LogP contribution in [0.15, 0.2) is 71.2 Å². The molecule has 33 heavy (non-hydrogen) atoms. The van der Waals surface area contributed by atoms with Gasteiger partial charge in [0, 0.05) is 13.6 Å². The Morgan fingerprint density at radius 3 is 2.67 bits per heavy atom. The Kier molecular flexibility index (Phi) is 7.31. The van der Waals surface area contributed by atoms with E-state index < -0.39 is 0 Å². The first-order valence-electron chi connectivity index (χ1n) is 10.2. The van der Waals surface area contributed by atoms with E-state index in [9.17, 15) is 4.79 Å². The molecule has 0 spiro atoms. The molecule has 7 nitrogen and oxygen atoms in total. The molecule has 0 aliphatic rings. The van der Waals surface area contributed by atoms with E-state index in [-0.39, 0.29) is 11.7 Å². The predicted octanol–water partition coefficient (Wildman–Crippen LogP) is 4.76. The number of methoxy groups -OCH3 is 2. The summed E-state index contributed by atoms with van der Waals surface area (Å²) in [5.74, 6) is 2.43. The third kappa shape index (κ3) is 5.20. The van der Waals surface area contributed by atoms with Gasteiger partial charge in [0.1, 0.15) is 11.5 Å². The fourth-order valence-electron chi connectivity index (χ4n) is 3.33. The molecule has 0 saturated carbocycles. The highest BCUT2D eigenvalue weighted by Crippen LogP contribution is 2.34. The van der Waals surface area contributed by atoms with Crippen LogP contribution in [0.25, 0.3) is 16.4 Å². The molecule has 0 radical (unpaired) electrons. The minimum absolute atomic E-state index is 0.00456. The van der Waals surface area contributed by atoms with Crippen molar-refractivity contribution in [3.05, 3.63) is 71.6 Å². The fourth-order valence-corrected chi connectivity index (χ4v) is 4.91. The molecule has 2 heterocycles. The van der Waals surface area contributed by atoms with Gasteiger partial charge < -0.3 is 14.4 Å². The van der Waals surface area contributed by atoms with Crippen LogP contribution in [-0.4, -0.2) is 52.6 Å². The lowest BCUT2D eigenvalue weighted by Gasteiger charge is -2.18. The zero-order chi connectivity index (χ0) is 23.2. The minimum atomic E-state index is -0.00456. The van der Waals surface area contributed by atoms with Crippen molar-refractivity contribution in [2.45, 2.75) is 11.7 Å². The number of nitrogens with zero attached hydrogens (tertiary/aromatic N) is 4. The maximum Gasteiger partial charge on any atom is 0.233 e. The smallest absolute Gasteiger partial charge is 0.233 e. The molecule has 170 valence electrons. The van der Waals surface area contributed by atoms with Gasteiger partial charge in [-0.25, -0.2) is 0 Å². The Morgan fingerprint density at radius 1 is 1.06 bits per heavy atom. The van der Waals surface area contributed by atoms with Gasteiger partial charge in [-0.05, 0) is 41.3 Å². The molecule has 2 aromatic heterocycles. The normalized spacial score (nSPS) is 10.8. The third-order valence-electron chi connectivity index (χ3n) is 5.01. The topological polar surface area (TPSA) is 69.5 Å². The first-order valence-corrected chi connectivity index (χ1v) is 12.1. The highest BCUT2D eigenvalue weighted by atomic mass is 32.2. The van der Waals surface area contributed by atoms with E-state index in [0.717, 1.165) is 21.9 Å². The lowest BCUT2D eigenvalue weighted by atomic mass is 10.2. The van der Waals surface area contributed by atoms with E-state index in [1.165, 1.54) is 11.8 Å². The van der Waals surface area contributed by atoms with E-state index in [1.54, 1.807) is 37.5 Å². The molecule has 2 aromatic carbocycles. The maximum absolute atomic E-state index is 12.9. The number of rotatable bonds is 9. The fraction of sp³-hybridized carbons (Fsp3) is 0.208. The van der Waals surface area contributed by atoms with Crippen LogP contribution in [0.5, 0.6) is 11.5 Å². The van der Waals surface area contributed by atoms with Gasteiger partial charge in [-0.15, -0.1) is 21.5 Å². The van der Waals surface area contributed by atoms with Gasteiger partial charge >= 0.3 is 0 Å². The van der Waals surface area contributed by atoms with Crippen LogP contribution in [-0.2, 0) is 11.3 Å². The first kappa shape index (κ1) is 22.9. The largest absolute Gasteiger partial charge is 0.497 e. The van der Waals surface area contributed by atoms with Crippen LogP contribution in [0.4, 0.5) is 0 Å². The number of amides is 1. The minimum Gasteiger partial charge on any atom is -0.497 e. The SMILES string of the molecule is COc1cccc(CN(C)C(=O)CSc2nnc(-c3cccs3)n2-c2ccccc2OC)c1. The van der Waals surface area contributed by atoms with Gasteiger partial charge in [0.05, 0.1) is 30.5 Å². The van der Waals surface area contributed by atoms with Crippen molar-refractivity contribution in [3.63, 3.8) is 0 Å². The van der Waals surface area contributed by atoms with Gasteiger partial charge in [0.15, 0.2) is 11.0 Å². The molecule has 1 amide bonds. The molecule has 4 aromatic rings. The van der Waals surface area contributed by atoms with Crippen LogP contribution in [0.1, 0.15) is 5.56 Å². The van der Waals surface area contributed by atoms with Crippen molar-refractivity contribution in [1.82, 2.24) is 19.7 Å². The summed E-state index contributed by atoms with van der Waals surface area (Å²) in [5.41, 5.74) is 1.83. The number of hydrogen-bond donors (Lipinski definition) is 0. The standard InChI is InChI=1S/C24H24N4O3S2/c1-27(15-17-8-6-9-18(14-17)30-2)22(29)16-33-24-26-25-23(21-12-7-13-32-21)28(24)19-10-4-5-11-20(19)31-3/h4-14H,15-16H2,1-3H3. The average Bonchev–Trinajstić information content (AvgIpc) is 3.52. The highest BCUT2D eigenvalue weighted by molar-refractivity contribution is 7.99. The van der Waals surface area contributed by atoms with Crippen molar-refractivity contribution >= 4 is 29.0 Å². The summed E-state index contributed by atoms with van der Waals surface area (Å²) in [6, 6.07) is 19.4. The van der Waals surface area contributed by atoms with E-state index in [1.807, 2.05) is 70.6 Å². The summed E-state index contributed by atoms with van der Waals surface area (Å²) in [6.07, 6.45) is 0. The number of carbonyl (C=O) groups is 1. The van der Waals surface area contributed by atoms with Crippen LogP contribution in [0, 0.1) is 0 Å². The Labute approximate surface area is 201 Å². The molecule has 0 aliphatic heterocycles. The second-order valence-electron chi connectivity index (χ2n) is 7.18. The first-order chi connectivity index (χ1) is 16.1. The number of carbonyl (C=O) groups excluding carboxylic acids is 1. The van der Waals surface area contributed by atoms with E-state index >= 15 is 0 Å². The van der Waals surface area contributed by atoms with Gasteiger partial charge in [-0.2, -0.15) is 0 Å². The quantitative estimate of drug-likeness (QED) is 0.322. The molecule has 9 heteroatoms. The molecule has 0 saturated heterocycles. The molecular formula is C24H24N4O3S2. The Bertz CT molecular complexity index is 1220. The molecule has 0 aliphatic carbocycles. The van der Waals surface area contributed by atoms with Crippen molar-refractivity contribution in [2.24, 2.45) is 0 Å². The van der Waals surface area contributed by atoms with Gasteiger partial charge in [0.2, 0.25) is 5.91 Å². The van der Waals surface area contributed by atoms with Crippen LogP contribution >= 0.6 is 23.1 Å². The van der Waals surface area contributed by atoms with Crippen molar-refractivity contribution in [1.29, 1.82) is 0 Å². The number of para-hydroxylation sites is 2. The average molecular weight is 481 g/mol. The van der Waals surface area contributed by atoms with Gasteiger partial charge in [0.25, 0.3) is 0 Å². The Morgan fingerprint density at radius 2 is 1.91 bits per heavy atom. The molecule has 0 unspecified atom stereocenters. The second kappa shape index (κ2) is 10.5. The van der Waals surface area contributed by atoms with Crippen molar-refractivity contribution in [3.8, 4) is 27.9 Å². The van der Waals surface area contributed by atoms with E-state index in [4.69, 9.17) is 9.47 Å². The molecule has 0 fully saturated rings. The summed E-state index contributed by atoms with van der Waals surface area (Å²) in [7, 11) is 5.06. The summed E-state index contributed by atoms with van der Waals surface area (Å²) >= 11 is 2.94. The number of aromatic nitrogens is 3. The highest BCUT2D eigenvalue weighted by Gasteiger charge is 2.21. The monoisotopic (exact) mass is 480 g/mol. The van der Waals surface area contributed by atoms with Gasteiger partial charge in [-0.3, -0.25) is 9.36 Å². The van der Waals surface area contributed by atoms with E-state index in [2.05, 4.69) is 10.2 Å². The molecule has 4 rings (SSSR count). The lowest BCUT2D eigenvalue weighted by molar-refractivity contribution is -0.127. The van der Waals surface area contributed by atoms with Gasteiger partial charge in [-0.1, -0.05) is 42.1 Å². The molecule has 0 atom stereocenters. The number of thioether (sulfide) groups is 1. The summed E-state index contributed by atoms with van der Waals surface area (Å²) in [6.45, 7) is 0.496.